The minimum absolute atomic E-state index is 1.26. The fourth-order valence-electron chi connectivity index (χ4n) is 5.98. The molecule has 0 saturated carbocycles. The van der Waals surface area contributed by atoms with Crippen LogP contribution in [0.1, 0.15) is 0 Å². The van der Waals surface area contributed by atoms with Crippen molar-refractivity contribution in [3.63, 3.8) is 0 Å². The highest BCUT2D eigenvalue weighted by molar-refractivity contribution is 7.25. The van der Waals surface area contributed by atoms with Crippen LogP contribution < -0.4 is 0 Å². The molecule has 0 aliphatic heterocycles. The van der Waals surface area contributed by atoms with Crippen molar-refractivity contribution < 1.29 is 0 Å². The monoisotopic (exact) mass is 486 g/mol. The SMILES string of the molecule is c1ccc(-c2c3ccccc3c(-c3ccc4cc5c(cc4c3)sc3ccccc35)c3ccccc23)cc1. The van der Waals surface area contributed by atoms with Crippen LogP contribution in [0.25, 0.3) is 74.7 Å². The zero-order valence-corrected chi connectivity index (χ0v) is 20.9. The summed E-state index contributed by atoms with van der Waals surface area (Å²) in [6, 6.07) is 49.0. The molecule has 0 spiro atoms. The maximum atomic E-state index is 2.38. The number of fused-ring (bicyclic) bond motifs is 6. The first-order chi connectivity index (χ1) is 18.3. The second kappa shape index (κ2) is 8.03. The molecule has 1 heteroatoms. The molecule has 1 heterocycles. The van der Waals surface area contributed by atoms with Gasteiger partial charge in [0.15, 0.2) is 0 Å². The molecule has 0 radical (unpaired) electrons. The van der Waals surface area contributed by atoms with E-state index in [0.29, 0.717) is 0 Å². The van der Waals surface area contributed by atoms with E-state index in [4.69, 9.17) is 0 Å². The molecule has 0 aliphatic carbocycles. The second-order valence-corrected chi connectivity index (χ2v) is 10.8. The van der Waals surface area contributed by atoms with Gasteiger partial charge in [0.25, 0.3) is 0 Å². The quantitative estimate of drug-likeness (QED) is 0.213. The molecule has 0 saturated heterocycles. The van der Waals surface area contributed by atoms with Gasteiger partial charge < -0.3 is 0 Å². The Morgan fingerprint density at radius 2 is 0.892 bits per heavy atom. The van der Waals surface area contributed by atoms with Gasteiger partial charge in [-0.2, -0.15) is 0 Å². The highest BCUT2D eigenvalue weighted by Gasteiger charge is 2.16. The first kappa shape index (κ1) is 20.7. The second-order valence-electron chi connectivity index (χ2n) is 9.72. The summed E-state index contributed by atoms with van der Waals surface area (Å²) in [5.41, 5.74) is 5.14. The van der Waals surface area contributed by atoms with Crippen molar-refractivity contribution in [2.24, 2.45) is 0 Å². The molecule has 37 heavy (non-hydrogen) atoms. The number of thiophene rings is 1. The molecule has 0 aliphatic rings. The minimum Gasteiger partial charge on any atom is -0.135 e. The molecule has 1 aromatic heterocycles. The van der Waals surface area contributed by atoms with Crippen molar-refractivity contribution in [1.29, 1.82) is 0 Å². The zero-order valence-electron chi connectivity index (χ0n) is 20.1. The molecule has 0 bridgehead atoms. The van der Waals surface area contributed by atoms with Crippen LogP contribution in [-0.2, 0) is 0 Å². The van der Waals surface area contributed by atoms with Crippen molar-refractivity contribution in [2.45, 2.75) is 0 Å². The molecule has 0 nitrogen and oxygen atoms in total. The van der Waals surface area contributed by atoms with Crippen molar-refractivity contribution in [2.75, 3.05) is 0 Å². The fraction of sp³-hybridized carbons (Fsp3) is 0. The van der Waals surface area contributed by atoms with E-state index < -0.39 is 0 Å². The van der Waals surface area contributed by atoms with Gasteiger partial charge in [0.1, 0.15) is 0 Å². The van der Waals surface area contributed by atoms with Crippen LogP contribution in [0, 0.1) is 0 Å². The maximum absolute atomic E-state index is 2.38. The van der Waals surface area contributed by atoms with E-state index >= 15 is 0 Å². The summed E-state index contributed by atoms with van der Waals surface area (Å²) in [5, 5.41) is 10.5. The van der Waals surface area contributed by atoms with E-state index in [1.807, 2.05) is 11.3 Å². The summed E-state index contributed by atoms with van der Waals surface area (Å²) in [7, 11) is 0. The van der Waals surface area contributed by atoms with Crippen molar-refractivity contribution in [3.05, 3.63) is 133 Å². The lowest BCUT2D eigenvalue weighted by Gasteiger charge is -2.18. The van der Waals surface area contributed by atoms with E-state index in [0.717, 1.165) is 0 Å². The lowest BCUT2D eigenvalue weighted by molar-refractivity contribution is 1.66. The van der Waals surface area contributed by atoms with Crippen molar-refractivity contribution in [3.8, 4) is 22.3 Å². The van der Waals surface area contributed by atoms with Gasteiger partial charge in [0.2, 0.25) is 0 Å². The van der Waals surface area contributed by atoms with Crippen molar-refractivity contribution >= 4 is 63.8 Å². The molecule has 7 aromatic carbocycles. The summed E-state index contributed by atoms with van der Waals surface area (Å²) >= 11 is 1.88. The Kier molecular flexibility index (Phi) is 4.49. The van der Waals surface area contributed by atoms with Gasteiger partial charge in [-0.15, -0.1) is 11.3 Å². The third-order valence-electron chi connectivity index (χ3n) is 7.62. The third-order valence-corrected chi connectivity index (χ3v) is 8.75. The molecule has 8 rings (SSSR count). The Labute approximate surface area is 219 Å². The van der Waals surface area contributed by atoms with Gasteiger partial charge in [0.05, 0.1) is 0 Å². The van der Waals surface area contributed by atoms with Crippen LogP contribution in [0.15, 0.2) is 133 Å². The Bertz CT molecular complexity index is 2070. The summed E-state index contributed by atoms with van der Waals surface area (Å²) in [6.07, 6.45) is 0. The molecule has 0 unspecified atom stereocenters. The van der Waals surface area contributed by atoms with Crippen LogP contribution in [0.3, 0.4) is 0 Å². The molecule has 8 aromatic rings. The zero-order chi connectivity index (χ0) is 24.3. The summed E-state index contributed by atoms with van der Waals surface area (Å²) < 4.78 is 2.70. The number of benzene rings is 7. The highest BCUT2D eigenvalue weighted by Crippen LogP contribution is 2.44. The molecule has 0 atom stereocenters. The first-order valence-electron chi connectivity index (χ1n) is 12.7. The minimum atomic E-state index is 1.26. The molecule has 0 fully saturated rings. The van der Waals surface area contributed by atoms with Gasteiger partial charge in [-0.25, -0.2) is 0 Å². The molecule has 0 N–H and O–H groups in total. The maximum Gasteiger partial charge on any atom is 0.0361 e. The van der Waals surface area contributed by atoms with Gasteiger partial charge in [-0.05, 0) is 78.8 Å². The third kappa shape index (κ3) is 3.15. The Morgan fingerprint density at radius 1 is 0.324 bits per heavy atom. The summed E-state index contributed by atoms with van der Waals surface area (Å²) in [4.78, 5) is 0. The number of hydrogen-bond donors (Lipinski definition) is 0. The average molecular weight is 487 g/mol. The summed E-state index contributed by atoms with van der Waals surface area (Å²) in [5.74, 6) is 0. The van der Waals surface area contributed by atoms with E-state index in [2.05, 4.69) is 133 Å². The van der Waals surface area contributed by atoms with Crippen molar-refractivity contribution in [1.82, 2.24) is 0 Å². The number of hydrogen-bond acceptors (Lipinski definition) is 1. The smallest absolute Gasteiger partial charge is 0.0361 e. The lowest BCUT2D eigenvalue weighted by atomic mass is 9.85. The van der Waals surface area contributed by atoms with E-state index in [1.165, 1.54) is 74.7 Å². The topological polar surface area (TPSA) is 0 Å². The highest BCUT2D eigenvalue weighted by atomic mass is 32.1. The molecule has 0 amide bonds. The predicted octanol–water partition coefficient (Wildman–Crippen LogP) is 10.8. The Balaban J connectivity index is 1.45. The van der Waals surface area contributed by atoms with Crippen LogP contribution in [0.4, 0.5) is 0 Å². The fourth-order valence-corrected chi connectivity index (χ4v) is 7.12. The van der Waals surface area contributed by atoms with Gasteiger partial charge in [-0.1, -0.05) is 109 Å². The normalized spacial score (nSPS) is 11.8. The molecular formula is C36H22S. The van der Waals surface area contributed by atoms with Gasteiger partial charge in [0, 0.05) is 20.2 Å². The Hall–Kier alpha value is -4.46. The molecular weight excluding hydrogens is 464 g/mol. The van der Waals surface area contributed by atoms with E-state index in [9.17, 15) is 0 Å². The van der Waals surface area contributed by atoms with Crippen LogP contribution in [-0.4, -0.2) is 0 Å². The van der Waals surface area contributed by atoms with Crippen LogP contribution in [0.2, 0.25) is 0 Å². The van der Waals surface area contributed by atoms with Gasteiger partial charge in [-0.3, -0.25) is 0 Å². The van der Waals surface area contributed by atoms with E-state index in [1.54, 1.807) is 0 Å². The lowest BCUT2D eigenvalue weighted by Crippen LogP contribution is -1.90. The van der Waals surface area contributed by atoms with E-state index in [-0.39, 0.29) is 0 Å². The molecule has 172 valence electrons. The van der Waals surface area contributed by atoms with Crippen LogP contribution in [0.5, 0.6) is 0 Å². The predicted molar refractivity (Wildman–Crippen MR) is 163 cm³/mol. The van der Waals surface area contributed by atoms with Gasteiger partial charge >= 0.3 is 0 Å². The first-order valence-corrected chi connectivity index (χ1v) is 13.5. The van der Waals surface area contributed by atoms with Crippen LogP contribution >= 0.6 is 11.3 Å². The Morgan fingerprint density at radius 3 is 1.57 bits per heavy atom. The standard InChI is InChI=1S/C36H22S/c1-2-10-23(11-3-1)35-28-13-4-6-15-30(28)36(31-16-7-5-14-29(31)35)25-19-18-24-21-32-27-12-8-9-17-33(27)37-34(32)22-26(24)20-25/h1-22H. The largest absolute Gasteiger partial charge is 0.135 e. The average Bonchev–Trinajstić information content (AvgIpc) is 3.32. The number of rotatable bonds is 2. The summed E-state index contributed by atoms with van der Waals surface area (Å²) in [6.45, 7) is 0.